The Balaban J connectivity index is 2.19. The number of rotatable bonds is 4. The van der Waals surface area contributed by atoms with Crippen LogP contribution < -0.4 is 10.9 Å². The first-order valence-electron chi connectivity index (χ1n) is 6.44. The highest BCUT2D eigenvalue weighted by Crippen LogP contribution is 2.24. The lowest BCUT2D eigenvalue weighted by molar-refractivity contribution is 0.116. The van der Waals surface area contributed by atoms with Crippen molar-refractivity contribution < 1.29 is 5.11 Å². The van der Waals surface area contributed by atoms with Gasteiger partial charge in [0, 0.05) is 0 Å². The SMILES string of the molecule is C=CCn1ncc(NC2CCCCC2O)c(Br)c1=O. The third kappa shape index (κ3) is 3.25. The third-order valence-electron chi connectivity index (χ3n) is 3.36. The van der Waals surface area contributed by atoms with Gasteiger partial charge in [-0.15, -0.1) is 6.58 Å². The molecule has 2 atom stereocenters. The monoisotopic (exact) mass is 327 g/mol. The fraction of sp³-hybridized carbons (Fsp3) is 0.538. The largest absolute Gasteiger partial charge is 0.391 e. The molecule has 1 fully saturated rings. The van der Waals surface area contributed by atoms with Crippen LogP contribution in [0.25, 0.3) is 0 Å². The first-order chi connectivity index (χ1) is 9.13. The van der Waals surface area contributed by atoms with E-state index in [2.05, 4.69) is 32.9 Å². The molecule has 0 saturated heterocycles. The molecule has 1 heterocycles. The van der Waals surface area contributed by atoms with Gasteiger partial charge in [0.15, 0.2) is 0 Å². The molecule has 2 rings (SSSR count). The normalized spacial score (nSPS) is 23.1. The molecule has 0 spiro atoms. The number of nitrogens with zero attached hydrogens (tertiary/aromatic N) is 2. The topological polar surface area (TPSA) is 67.2 Å². The number of anilines is 1. The summed E-state index contributed by atoms with van der Waals surface area (Å²) in [4.78, 5) is 12.0. The molecule has 2 unspecified atom stereocenters. The van der Waals surface area contributed by atoms with Crippen LogP contribution >= 0.6 is 15.9 Å². The third-order valence-corrected chi connectivity index (χ3v) is 4.12. The number of aliphatic hydroxyl groups excluding tert-OH is 1. The Morgan fingerprint density at radius 2 is 2.32 bits per heavy atom. The van der Waals surface area contributed by atoms with Gasteiger partial charge in [-0.2, -0.15) is 5.10 Å². The zero-order valence-corrected chi connectivity index (χ0v) is 12.3. The Kier molecular flexibility index (Phi) is 4.76. The van der Waals surface area contributed by atoms with E-state index in [9.17, 15) is 9.90 Å². The Bertz CT molecular complexity index is 515. The number of nitrogens with one attached hydrogen (secondary N) is 1. The van der Waals surface area contributed by atoms with Crippen molar-refractivity contribution in [3.63, 3.8) is 0 Å². The Morgan fingerprint density at radius 3 is 3.00 bits per heavy atom. The van der Waals surface area contributed by atoms with Crippen LogP contribution in [0.5, 0.6) is 0 Å². The minimum absolute atomic E-state index is 0.0125. The van der Waals surface area contributed by atoms with E-state index >= 15 is 0 Å². The Labute approximate surface area is 120 Å². The quantitative estimate of drug-likeness (QED) is 0.829. The van der Waals surface area contributed by atoms with Gasteiger partial charge in [-0.3, -0.25) is 4.79 Å². The molecule has 1 aliphatic rings. The highest BCUT2D eigenvalue weighted by atomic mass is 79.9. The minimum Gasteiger partial charge on any atom is -0.391 e. The van der Waals surface area contributed by atoms with E-state index in [4.69, 9.17) is 0 Å². The van der Waals surface area contributed by atoms with Crippen LogP contribution in [0.2, 0.25) is 0 Å². The summed E-state index contributed by atoms with van der Waals surface area (Å²) in [5, 5.41) is 17.2. The van der Waals surface area contributed by atoms with Crippen LogP contribution in [-0.4, -0.2) is 27.0 Å². The molecular weight excluding hydrogens is 310 g/mol. The lowest BCUT2D eigenvalue weighted by Crippen LogP contribution is -2.37. The highest BCUT2D eigenvalue weighted by molar-refractivity contribution is 9.10. The second-order valence-electron chi connectivity index (χ2n) is 4.75. The van der Waals surface area contributed by atoms with E-state index in [1.165, 1.54) is 4.68 Å². The van der Waals surface area contributed by atoms with Gasteiger partial charge >= 0.3 is 0 Å². The smallest absolute Gasteiger partial charge is 0.283 e. The van der Waals surface area contributed by atoms with E-state index in [-0.39, 0.29) is 17.7 Å². The molecule has 2 N–H and O–H groups in total. The molecule has 0 aromatic carbocycles. The zero-order chi connectivity index (χ0) is 13.8. The molecule has 1 saturated carbocycles. The van der Waals surface area contributed by atoms with E-state index in [0.717, 1.165) is 25.7 Å². The van der Waals surface area contributed by atoms with Crippen molar-refractivity contribution in [3.05, 3.63) is 33.7 Å². The first kappa shape index (κ1) is 14.3. The van der Waals surface area contributed by atoms with Crippen LogP contribution in [0.15, 0.2) is 28.1 Å². The van der Waals surface area contributed by atoms with Crippen LogP contribution in [0.4, 0.5) is 5.69 Å². The Morgan fingerprint density at radius 1 is 1.58 bits per heavy atom. The maximum absolute atomic E-state index is 12.0. The van der Waals surface area contributed by atoms with Gasteiger partial charge in [0.25, 0.3) is 5.56 Å². The minimum atomic E-state index is -0.365. The van der Waals surface area contributed by atoms with Crippen molar-refractivity contribution >= 4 is 21.6 Å². The van der Waals surface area contributed by atoms with Gasteiger partial charge in [0.2, 0.25) is 0 Å². The average molecular weight is 328 g/mol. The van der Waals surface area contributed by atoms with Crippen molar-refractivity contribution in [3.8, 4) is 0 Å². The number of hydrogen-bond acceptors (Lipinski definition) is 4. The molecule has 1 aromatic heterocycles. The number of aliphatic hydroxyl groups is 1. The van der Waals surface area contributed by atoms with E-state index in [1.54, 1.807) is 12.3 Å². The van der Waals surface area contributed by atoms with Crippen LogP contribution in [-0.2, 0) is 6.54 Å². The predicted molar refractivity (Wildman–Crippen MR) is 78.3 cm³/mol. The van der Waals surface area contributed by atoms with Gasteiger partial charge in [-0.25, -0.2) is 4.68 Å². The molecule has 6 heteroatoms. The number of aromatic nitrogens is 2. The van der Waals surface area contributed by atoms with Crippen molar-refractivity contribution in [1.29, 1.82) is 0 Å². The summed E-state index contributed by atoms with van der Waals surface area (Å²) in [6.07, 6.45) is 6.72. The van der Waals surface area contributed by atoms with Gasteiger partial charge in [0.05, 0.1) is 30.6 Å². The maximum atomic E-state index is 12.0. The molecule has 0 amide bonds. The van der Waals surface area contributed by atoms with Crippen LogP contribution in [0.1, 0.15) is 25.7 Å². The summed E-state index contributed by atoms with van der Waals surface area (Å²) in [6.45, 7) is 3.97. The van der Waals surface area contributed by atoms with Crippen LogP contribution in [0.3, 0.4) is 0 Å². The highest BCUT2D eigenvalue weighted by Gasteiger charge is 2.23. The molecule has 0 aliphatic heterocycles. The van der Waals surface area contributed by atoms with Gasteiger partial charge in [-0.05, 0) is 28.8 Å². The summed E-state index contributed by atoms with van der Waals surface area (Å²) in [5.74, 6) is 0. The number of allylic oxidation sites excluding steroid dienone is 1. The molecule has 1 aromatic rings. The van der Waals surface area contributed by atoms with Crippen molar-refractivity contribution in [1.82, 2.24) is 9.78 Å². The Hall–Kier alpha value is -1.14. The van der Waals surface area contributed by atoms with Crippen molar-refractivity contribution in [2.75, 3.05) is 5.32 Å². The van der Waals surface area contributed by atoms with Gasteiger partial charge < -0.3 is 10.4 Å². The zero-order valence-electron chi connectivity index (χ0n) is 10.7. The molecule has 5 nitrogen and oxygen atoms in total. The molecule has 1 aliphatic carbocycles. The molecule has 19 heavy (non-hydrogen) atoms. The van der Waals surface area contributed by atoms with Crippen LogP contribution in [0, 0.1) is 0 Å². The molecule has 0 bridgehead atoms. The standard InChI is InChI=1S/C13H18BrN3O2/c1-2-7-17-13(19)12(14)10(8-15-17)16-9-5-3-4-6-11(9)18/h2,8-9,11,16,18H,1,3-7H2. The first-order valence-corrected chi connectivity index (χ1v) is 7.24. The van der Waals surface area contributed by atoms with E-state index < -0.39 is 0 Å². The van der Waals surface area contributed by atoms with Crippen molar-refractivity contribution in [2.24, 2.45) is 0 Å². The maximum Gasteiger partial charge on any atom is 0.283 e. The lowest BCUT2D eigenvalue weighted by Gasteiger charge is -2.29. The molecule has 104 valence electrons. The average Bonchev–Trinajstić information content (AvgIpc) is 2.41. The number of halogens is 1. The van der Waals surface area contributed by atoms with Gasteiger partial charge in [-0.1, -0.05) is 18.9 Å². The molecule has 0 radical (unpaired) electrons. The summed E-state index contributed by atoms with van der Waals surface area (Å²) < 4.78 is 1.78. The fourth-order valence-corrected chi connectivity index (χ4v) is 2.72. The second kappa shape index (κ2) is 6.34. The van der Waals surface area contributed by atoms with E-state index in [1.807, 2.05) is 0 Å². The van der Waals surface area contributed by atoms with E-state index in [0.29, 0.717) is 16.7 Å². The lowest BCUT2D eigenvalue weighted by atomic mass is 9.92. The summed E-state index contributed by atoms with van der Waals surface area (Å²) in [5.41, 5.74) is 0.437. The summed E-state index contributed by atoms with van der Waals surface area (Å²) in [7, 11) is 0. The predicted octanol–water partition coefficient (Wildman–Crippen LogP) is 1.91. The number of hydrogen-bond donors (Lipinski definition) is 2. The summed E-state index contributed by atoms with van der Waals surface area (Å²) >= 11 is 3.30. The van der Waals surface area contributed by atoms with Crippen molar-refractivity contribution in [2.45, 2.75) is 44.4 Å². The fourth-order valence-electron chi connectivity index (χ4n) is 2.30. The second-order valence-corrected chi connectivity index (χ2v) is 5.54. The molecular formula is C13H18BrN3O2. The summed E-state index contributed by atoms with van der Waals surface area (Å²) in [6, 6.07) is -0.0125. The van der Waals surface area contributed by atoms with Gasteiger partial charge in [0.1, 0.15) is 4.47 Å².